The molecule has 3 aliphatic rings. The van der Waals surface area contributed by atoms with Gasteiger partial charge in [0.15, 0.2) is 0 Å². The van der Waals surface area contributed by atoms with Gasteiger partial charge >= 0.3 is 7.62 Å². The van der Waals surface area contributed by atoms with Crippen molar-refractivity contribution in [1.82, 2.24) is 25.2 Å². The second-order valence-electron chi connectivity index (χ2n) is 9.23. The Morgan fingerprint density at radius 3 is 2.85 bits per heavy atom. The van der Waals surface area contributed by atoms with Gasteiger partial charge in [0.1, 0.15) is 13.7 Å². The molecule has 1 aliphatic carbocycles. The van der Waals surface area contributed by atoms with Crippen molar-refractivity contribution in [2.45, 2.75) is 32.2 Å². The monoisotopic (exact) mass is 472 g/mol. The number of fused-ring (bicyclic) bond motifs is 1. The molecule has 3 heterocycles. The smallest absolute Gasteiger partial charge is 0.411 e. The van der Waals surface area contributed by atoms with Crippen LogP contribution in [0.25, 0.3) is 5.57 Å². The van der Waals surface area contributed by atoms with Crippen LogP contribution in [-0.4, -0.2) is 56.8 Å². The number of dihydropyridines is 1. The molecular formula is C25H29B2ClN5O. The molecule has 1 aromatic carbocycles. The second kappa shape index (κ2) is 10.2. The van der Waals surface area contributed by atoms with Crippen molar-refractivity contribution in [3.8, 4) is 0 Å². The van der Waals surface area contributed by atoms with Crippen LogP contribution in [0, 0.1) is 12.8 Å². The van der Waals surface area contributed by atoms with E-state index in [0.29, 0.717) is 12.5 Å². The molecule has 3 radical (unpaired) electrons. The largest absolute Gasteiger partial charge is 0.426 e. The van der Waals surface area contributed by atoms with Gasteiger partial charge in [0.2, 0.25) is 0 Å². The quantitative estimate of drug-likeness (QED) is 0.632. The summed E-state index contributed by atoms with van der Waals surface area (Å²) in [6.07, 6.45) is 10.4. The van der Waals surface area contributed by atoms with E-state index < -0.39 is 0 Å². The van der Waals surface area contributed by atoms with E-state index in [1.807, 2.05) is 25.4 Å². The number of aromatic nitrogens is 2. The van der Waals surface area contributed by atoms with Gasteiger partial charge in [-0.25, -0.2) is 4.98 Å². The van der Waals surface area contributed by atoms with Gasteiger partial charge in [-0.05, 0) is 66.2 Å². The normalized spacial score (nSPS) is 21.2. The summed E-state index contributed by atoms with van der Waals surface area (Å²) in [4.78, 5) is 4.42. The molecule has 2 aliphatic heterocycles. The summed E-state index contributed by atoms with van der Waals surface area (Å²) in [7, 11) is 9.58. The fourth-order valence-electron chi connectivity index (χ4n) is 5.40. The average molecular weight is 473 g/mol. The van der Waals surface area contributed by atoms with Crippen molar-refractivity contribution in [3.05, 3.63) is 81.5 Å². The summed E-state index contributed by atoms with van der Waals surface area (Å²) in [6.45, 7) is 5.35. The Morgan fingerprint density at radius 2 is 2.12 bits per heavy atom. The van der Waals surface area contributed by atoms with Crippen LogP contribution in [-0.2, 0) is 11.2 Å². The molecule has 1 fully saturated rings. The van der Waals surface area contributed by atoms with Crippen molar-refractivity contribution in [2.75, 3.05) is 26.7 Å². The number of hydrogen-bond donors (Lipinski definition) is 2. The van der Waals surface area contributed by atoms with Gasteiger partial charge in [-0.3, -0.25) is 10.3 Å². The summed E-state index contributed by atoms with van der Waals surface area (Å²) in [5.41, 5.74) is 7.05. The van der Waals surface area contributed by atoms with E-state index in [9.17, 15) is 0 Å². The topological polar surface area (TPSA) is 54.4 Å². The minimum atomic E-state index is 0.248. The molecule has 1 aromatic heterocycles. The third kappa shape index (κ3) is 4.78. The van der Waals surface area contributed by atoms with E-state index in [4.69, 9.17) is 24.1 Å². The van der Waals surface area contributed by atoms with Crippen LogP contribution in [0.4, 0.5) is 0 Å². The Balaban J connectivity index is 1.56. The average Bonchev–Trinajstić information content (AvgIpc) is 3.18. The lowest BCUT2D eigenvalue weighted by Crippen LogP contribution is -2.47. The summed E-state index contributed by atoms with van der Waals surface area (Å²) in [6, 6.07) is 6.37. The Kier molecular flexibility index (Phi) is 7.02. The maximum atomic E-state index is 6.55. The first-order chi connectivity index (χ1) is 16.5. The lowest BCUT2D eigenvalue weighted by Gasteiger charge is -2.39. The van der Waals surface area contributed by atoms with E-state index >= 15 is 0 Å². The number of aryl methyl sites for hydroxylation is 1. The zero-order valence-electron chi connectivity index (χ0n) is 19.7. The van der Waals surface area contributed by atoms with Gasteiger partial charge in [0.05, 0.1) is 0 Å². The van der Waals surface area contributed by atoms with E-state index in [-0.39, 0.29) is 5.92 Å². The SMILES string of the molecule is [B]C1=CC2=C(NC1)C(C1CCN(N[B]OC)CC1)c1ccc(Cl)cc1C(Cn1ccnc1C)=C2. The Bertz CT molecular complexity index is 1150. The van der Waals surface area contributed by atoms with Gasteiger partial charge in [-0.15, -0.1) is 0 Å². The molecule has 2 aromatic rings. The molecule has 6 nitrogen and oxygen atoms in total. The van der Waals surface area contributed by atoms with Crippen LogP contribution in [0.5, 0.6) is 0 Å². The number of hydrogen-bond acceptors (Lipinski definition) is 5. The predicted octanol–water partition coefficient (Wildman–Crippen LogP) is 3.33. The third-order valence-electron chi connectivity index (χ3n) is 7.10. The molecule has 0 spiro atoms. The van der Waals surface area contributed by atoms with E-state index in [1.54, 1.807) is 14.7 Å². The van der Waals surface area contributed by atoms with Crippen molar-refractivity contribution in [3.63, 3.8) is 0 Å². The lowest BCUT2D eigenvalue weighted by atomic mass is 9.75. The summed E-state index contributed by atoms with van der Waals surface area (Å²) >= 11 is 6.55. The fraction of sp³-hybridized carbons (Fsp3) is 0.400. The highest BCUT2D eigenvalue weighted by atomic mass is 35.5. The highest BCUT2D eigenvalue weighted by molar-refractivity contribution is 6.30. The van der Waals surface area contributed by atoms with Gasteiger partial charge in [-0.2, -0.15) is 0 Å². The first kappa shape index (κ1) is 23.5. The molecule has 1 atom stereocenters. The summed E-state index contributed by atoms with van der Waals surface area (Å²) in [5, 5.41) is 9.88. The van der Waals surface area contributed by atoms with Gasteiger partial charge in [0, 0.05) is 62.3 Å². The van der Waals surface area contributed by atoms with Crippen LogP contribution >= 0.6 is 11.6 Å². The predicted molar refractivity (Wildman–Crippen MR) is 138 cm³/mol. The highest BCUT2D eigenvalue weighted by Crippen LogP contribution is 2.45. The molecule has 1 unspecified atom stereocenters. The number of imidazole rings is 1. The van der Waals surface area contributed by atoms with Crippen LogP contribution in [0.2, 0.25) is 5.02 Å². The standard InChI is InChI=1S/C25H29B2ClN5O/c1-16-29-7-10-32(16)15-19-11-18-12-20(26)14-30-25(18)24(22-4-3-21(28)13-23(19)22)17-5-8-33(9-6-17)31-27-34-2/h3-4,7,10-13,17,24,30-31H,5-6,8-9,14-15H2,1-2H3. The zero-order valence-corrected chi connectivity index (χ0v) is 20.5. The van der Waals surface area contributed by atoms with Crippen LogP contribution in [0.1, 0.15) is 35.7 Å². The molecular weight excluding hydrogens is 443 g/mol. The van der Waals surface area contributed by atoms with Crippen LogP contribution in [0.3, 0.4) is 0 Å². The Morgan fingerprint density at radius 1 is 1.29 bits per heavy atom. The molecule has 2 N–H and O–H groups in total. The van der Waals surface area contributed by atoms with Crippen LogP contribution < -0.4 is 10.7 Å². The van der Waals surface area contributed by atoms with E-state index in [2.05, 4.69) is 49.5 Å². The lowest BCUT2D eigenvalue weighted by molar-refractivity contribution is 0.144. The number of allylic oxidation sites excluding steroid dienone is 5. The number of piperidine rings is 1. The van der Waals surface area contributed by atoms with Gasteiger partial charge < -0.3 is 14.5 Å². The highest BCUT2D eigenvalue weighted by Gasteiger charge is 2.35. The molecule has 9 heteroatoms. The van der Waals surface area contributed by atoms with E-state index in [1.165, 1.54) is 28.0 Å². The zero-order chi connectivity index (χ0) is 23.7. The summed E-state index contributed by atoms with van der Waals surface area (Å²) in [5.74, 6) is 1.73. The molecule has 0 bridgehead atoms. The number of nitrogens with zero attached hydrogens (tertiary/aromatic N) is 3. The molecule has 1 saturated heterocycles. The molecule has 34 heavy (non-hydrogen) atoms. The van der Waals surface area contributed by atoms with Gasteiger partial charge in [0.25, 0.3) is 0 Å². The number of rotatable bonds is 6. The second-order valence-corrected chi connectivity index (χ2v) is 9.67. The number of benzene rings is 1. The first-order valence-electron chi connectivity index (χ1n) is 11.8. The molecule has 0 amide bonds. The molecule has 5 rings (SSSR count). The van der Waals surface area contributed by atoms with Crippen molar-refractivity contribution >= 4 is 32.6 Å². The van der Waals surface area contributed by atoms with Gasteiger partial charge in [-0.1, -0.05) is 29.2 Å². The molecule has 173 valence electrons. The Labute approximate surface area is 208 Å². The third-order valence-corrected chi connectivity index (χ3v) is 7.34. The maximum Gasteiger partial charge on any atom is 0.411 e. The molecule has 0 saturated carbocycles. The minimum Gasteiger partial charge on any atom is -0.426 e. The number of nitrogens with one attached hydrogen (secondary N) is 2. The number of hydrazine groups is 1. The number of halogens is 1. The Hall–Kier alpha value is -2.25. The van der Waals surface area contributed by atoms with Crippen molar-refractivity contribution < 1.29 is 4.65 Å². The fourth-order valence-corrected chi connectivity index (χ4v) is 5.57. The first-order valence-corrected chi connectivity index (χ1v) is 12.2. The summed E-state index contributed by atoms with van der Waals surface area (Å²) < 4.78 is 7.24. The van der Waals surface area contributed by atoms with Crippen molar-refractivity contribution in [1.29, 1.82) is 0 Å². The van der Waals surface area contributed by atoms with Crippen LogP contribution in [0.15, 0.2) is 59.5 Å². The minimum absolute atomic E-state index is 0.248. The van der Waals surface area contributed by atoms with E-state index in [0.717, 1.165) is 48.8 Å². The van der Waals surface area contributed by atoms with Crippen molar-refractivity contribution in [2.24, 2.45) is 5.92 Å². The maximum absolute atomic E-state index is 6.55.